The van der Waals surface area contributed by atoms with Crippen LogP contribution in [0, 0.1) is 6.92 Å². The van der Waals surface area contributed by atoms with E-state index in [2.05, 4.69) is 43.0 Å². The van der Waals surface area contributed by atoms with Crippen molar-refractivity contribution in [3.8, 4) is 0 Å². The molecule has 0 atom stereocenters. The Bertz CT molecular complexity index is 286. The number of benzene rings is 1. The van der Waals surface area contributed by atoms with Crippen LogP contribution >= 0.6 is 0 Å². The Morgan fingerprint density at radius 3 is 2.67 bits per heavy atom. The number of hydrogen-bond donors (Lipinski definition) is 1. The van der Waals surface area contributed by atoms with Crippen molar-refractivity contribution in [2.24, 2.45) is 0 Å². The zero-order chi connectivity index (χ0) is 11.1. The van der Waals surface area contributed by atoms with E-state index in [-0.39, 0.29) is 6.61 Å². The molecule has 0 bridgehead atoms. The van der Waals surface area contributed by atoms with Gasteiger partial charge in [0.1, 0.15) is 0 Å². The van der Waals surface area contributed by atoms with Crippen molar-refractivity contribution in [2.75, 3.05) is 24.6 Å². The number of aliphatic hydroxyl groups is 1. The third kappa shape index (κ3) is 3.92. The van der Waals surface area contributed by atoms with Crippen LogP contribution in [0.2, 0.25) is 0 Å². The van der Waals surface area contributed by atoms with Crippen molar-refractivity contribution in [1.82, 2.24) is 0 Å². The monoisotopic (exact) mass is 207 g/mol. The molecule has 1 N–H and O–H groups in total. The van der Waals surface area contributed by atoms with E-state index >= 15 is 0 Å². The average Bonchev–Trinajstić information content (AvgIpc) is 2.24. The van der Waals surface area contributed by atoms with Crippen molar-refractivity contribution < 1.29 is 5.11 Å². The Kier molecular flexibility index (Phi) is 5.19. The van der Waals surface area contributed by atoms with Gasteiger partial charge in [-0.3, -0.25) is 0 Å². The lowest BCUT2D eigenvalue weighted by molar-refractivity contribution is 0.301. The normalized spacial score (nSPS) is 10.3. The molecule has 15 heavy (non-hydrogen) atoms. The van der Waals surface area contributed by atoms with Gasteiger partial charge in [0.2, 0.25) is 0 Å². The van der Waals surface area contributed by atoms with E-state index in [0.717, 1.165) is 13.1 Å². The summed E-state index contributed by atoms with van der Waals surface area (Å²) in [5.41, 5.74) is 2.49. The molecule has 0 saturated heterocycles. The number of anilines is 1. The molecule has 0 spiro atoms. The minimum absolute atomic E-state index is 0.220. The Labute approximate surface area is 92.5 Å². The van der Waals surface area contributed by atoms with Gasteiger partial charge in [-0.2, -0.15) is 0 Å². The molecule has 0 amide bonds. The predicted molar refractivity (Wildman–Crippen MR) is 65.4 cm³/mol. The summed E-state index contributed by atoms with van der Waals surface area (Å²) in [6, 6.07) is 8.45. The zero-order valence-corrected chi connectivity index (χ0v) is 9.74. The smallest absolute Gasteiger partial charge is 0.0606 e. The van der Waals surface area contributed by atoms with E-state index in [0.29, 0.717) is 0 Å². The molecule has 1 rings (SSSR count). The third-order valence-electron chi connectivity index (χ3n) is 2.52. The zero-order valence-electron chi connectivity index (χ0n) is 9.74. The van der Waals surface area contributed by atoms with Gasteiger partial charge >= 0.3 is 0 Å². The fraction of sp³-hybridized carbons (Fsp3) is 0.538. The Balaban J connectivity index is 2.69. The van der Waals surface area contributed by atoms with E-state index in [1.807, 2.05) is 0 Å². The van der Waals surface area contributed by atoms with Crippen molar-refractivity contribution in [2.45, 2.75) is 26.7 Å². The Morgan fingerprint density at radius 2 is 2.07 bits per heavy atom. The Morgan fingerprint density at radius 1 is 1.27 bits per heavy atom. The molecule has 0 unspecified atom stereocenters. The van der Waals surface area contributed by atoms with Gasteiger partial charge in [-0.05, 0) is 31.0 Å². The van der Waals surface area contributed by atoms with Crippen molar-refractivity contribution in [3.05, 3.63) is 29.8 Å². The molecule has 0 aromatic heterocycles. The van der Waals surface area contributed by atoms with E-state index in [1.165, 1.54) is 24.1 Å². The Hall–Kier alpha value is -1.02. The van der Waals surface area contributed by atoms with Crippen LogP contribution in [-0.2, 0) is 0 Å². The lowest BCUT2D eigenvalue weighted by Crippen LogP contribution is -2.27. The maximum atomic E-state index is 9.02. The number of hydrogen-bond acceptors (Lipinski definition) is 2. The van der Waals surface area contributed by atoms with Crippen LogP contribution in [0.5, 0.6) is 0 Å². The molecule has 1 aromatic rings. The van der Waals surface area contributed by atoms with Gasteiger partial charge in [0.25, 0.3) is 0 Å². The molecule has 0 fully saturated rings. The van der Waals surface area contributed by atoms with Crippen molar-refractivity contribution in [3.63, 3.8) is 0 Å². The first kappa shape index (κ1) is 12.1. The lowest BCUT2D eigenvalue weighted by Gasteiger charge is -2.24. The first-order valence-electron chi connectivity index (χ1n) is 5.70. The quantitative estimate of drug-likeness (QED) is 0.775. The molecule has 0 saturated carbocycles. The summed E-state index contributed by atoms with van der Waals surface area (Å²) >= 11 is 0. The minimum atomic E-state index is 0.220. The highest BCUT2D eigenvalue weighted by atomic mass is 16.3. The minimum Gasteiger partial charge on any atom is -0.395 e. The van der Waals surface area contributed by atoms with Crippen LogP contribution in [-0.4, -0.2) is 24.8 Å². The third-order valence-corrected chi connectivity index (χ3v) is 2.52. The second-order valence-corrected chi connectivity index (χ2v) is 3.90. The largest absolute Gasteiger partial charge is 0.395 e. The fourth-order valence-electron chi connectivity index (χ4n) is 1.66. The molecule has 2 heteroatoms. The SMILES string of the molecule is CCCCN(CCO)c1cccc(C)c1. The fourth-order valence-corrected chi connectivity index (χ4v) is 1.66. The van der Waals surface area contributed by atoms with Gasteiger partial charge < -0.3 is 10.0 Å². The number of aryl methyl sites for hydroxylation is 1. The maximum Gasteiger partial charge on any atom is 0.0606 e. The number of rotatable bonds is 6. The molecule has 0 heterocycles. The van der Waals surface area contributed by atoms with Crippen LogP contribution in [0.3, 0.4) is 0 Å². The lowest BCUT2D eigenvalue weighted by atomic mass is 10.2. The topological polar surface area (TPSA) is 23.5 Å². The highest BCUT2D eigenvalue weighted by molar-refractivity contribution is 5.48. The molecule has 1 aromatic carbocycles. The standard InChI is InChI=1S/C13H21NO/c1-3-4-8-14(9-10-15)13-7-5-6-12(2)11-13/h5-7,11,15H,3-4,8-10H2,1-2H3. The summed E-state index contributed by atoms with van der Waals surface area (Å²) in [6.45, 7) is 6.26. The molecule has 0 aliphatic rings. The summed E-state index contributed by atoms with van der Waals surface area (Å²) in [5, 5.41) is 9.02. The molecule has 0 aliphatic heterocycles. The van der Waals surface area contributed by atoms with Gasteiger partial charge in [-0.15, -0.1) is 0 Å². The highest BCUT2D eigenvalue weighted by Gasteiger charge is 2.04. The first-order valence-corrected chi connectivity index (χ1v) is 5.70. The second kappa shape index (κ2) is 6.46. The molecule has 84 valence electrons. The van der Waals surface area contributed by atoms with Crippen LogP contribution in [0.4, 0.5) is 5.69 Å². The van der Waals surface area contributed by atoms with Crippen LogP contribution < -0.4 is 4.90 Å². The first-order chi connectivity index (χ1) is 7.27. The van der Waals surface area contributed by atoms with Crippen molar-refractivity contribution >= 4 is 5.69 Å². The van der Waals surface area contributed by atoms with E-state index < -0.39 is 0 Å². The van der Waals surface area contributed by atoms with Crippen molar-refractivity contribution in [1.29, 1.82) is 0 Å². The van der Waals surface area contributed by atoms with Gasteiger partial charge in [-0.1, -0.05) is 25.5 Å². The van der Waals surface area contributed by atoms with Gasteiger partial charge in [0, 0.05) is 18.8 Å². The van der Waals surface area contributed by atoms with Crippen LogP contribution in [0.15, 0.2) is 24.3 Å². The molecule has 2 nitrogen and oxygen atoms in total. The molecular formula is C13H21NO. The van der Waals surface area contributed by atoms with Gasteiger partial charge in [0.15, 0.2) is 0 Å². The molecular weight excluding hydrogens is 186 g/mol. The average molecular weight is 207 g/mol. The van der Waals surface area contributed by atoms with Crippen LogP contribution in [0.25, 0.3) is 0 Å². The predicted octanol–water partition coefficient (Wildman–Crippen LogP) is 2.59. The van der Waals surface area contributed by atoms with Crippen LogP contribution in [0.1, 0.15) is 25.3 Å². The molecule has 0 radical (unpaired) electrons. The number of unbranched alkanes of at least 4 members (excludes halogenated alkanes) is 1. The number of nitrogens with zero attached hydrogens (tertiary/aromatic N) is 1. The summed E-state index contributed by atoms with van der Waals surface area (Å²) in [6.07, 6.45) is 2.36. The summed E-state index contributed by atoms with van der Waals surface area (Å²) in [5.74, 6) is 0. The summed E-state index contributed by atoms with van der Waals surface area (Å²) in [4.78, 5) is 2.25. The summed E-state index contributed by atoms with van der Waals surface area (Å²) in [7, 11) is 0. The maximum absolute atomic E-state index is 9.02. The second-order valence-electron chi connectivity index (χ2n) is 3.90. The molecule has 0 aliphatic carbocycles. The van der Waals surface area contributed by atoms with Gasteiger partial charge in [-0.25, -0.2) is 0 Å². The highest BCUT2D eigenvalue weighted by Crippen LogP contribution is 2.16. The van der Waals surface area contributed by atoms with Gasteiger partial charge in [0.05, 0.1) is 6.61 Å². The van der Waals surface area contributed by atoms with E-state index in [9.17, 15) is 0 Å². The summed E-state index contributed by atoms with van der Waals surface area (Å²) < 4.78 is 0. The van der Waals surface area contributed by atoms with E-state index in [1.54, 1.807) is 0 Å². The number of aliphatic hydroxyl groups excluding tert-OH is 1. The van der Waals surface area contributed by atoms with E-state index in [4.69, 9.17) is 5.11 Å².